The number of ether oxygens (including phenoxy) is 1. The fourth-order valence-electron chi connectivity index (χ4n) is 1.87. The lowest BCUT2D eigenvalue weighted by Gasteiger charge is -2.26. The van der Waals surface area contributed by atoms with Crippen LogP contribution in [-0.2, 0) is 9.57 Å². The second kappa shape index (κ2) is 5.13. The van der Waals surface area contributed by atoms with Gasteiger partial charge in [-0.25, -0.2) is 4.79 Å². The molecule has 1 aliphatic heterocycles. The minimum Gasteiger partial charge on any atom is -0.442 e. The van der Waals surface area contributed by atoms with Gasteiger partial charge in [0.05, 0.1) is 24.2 Å². The summed E-state index contributed by atoms with van der Waals surface area (Å²) in [5.74, 6) is 0. The van der Waals surface area contributed by atoms with Crippen LogP contribution in [0, 0.1) is 6.92 Å². The van der Waals surface area contributed by atoms with E-state index in [2.05, 4.69) is 9.97 Å². The van der Waals surface area contributed by atoms with E-state index >= 15 is 0 Å². The van der Waals surface area contributed by atoms with Crippen LogP contribution in [0.5, 0.6) is 0 Å². The van der Waals surface area contributed by atoms with Crippen molar-refractivity contribution in [2.75, 3.05) is 6.61 Å². The van der Waals surface area contributed by atoms with Gasteiger partial charge in [0.25, 0.3) is 0 Å². The van der Waals surface area contributed by atoms with Crippen molar-refractivity contribution in [1.29, 1.82) is 0 Å². The molecule has 0 aromatic carbocycles. The molecule has 1 saturated heterocycles. The molecule has 0 radical (unpaired) electrons. The molecular weight excluding hydrogens is 246 g/mol. The van der Waals surface area contributed by atoms with Crippen molar-refractivity contribution in [2.24, 2.45) is 0 Å². The lowest BCUT2D eigenvalue weighted by atomic mass is 10.1. The smallest absolute Gasteiger partial charge is 0.435 e. The second-order valence-electron chi connectivity index (χ2n) is 5.53. The summed E-state index contributed by atoms with van der Waals surface area (Å²) in [5, 5.41) is 1.26. The molecule has 1 aliphatic rings. The van der Waals surface area contributed by atoms with Crippen LogP contribution in [0.1, 0.15) is 44.6 Å². The number of hydroxylamine groups is 2. The molecular formula is C13H19N3O3. The average molecular weight is 265 g/mol. The van der Waals surface area contributed by atoms with Crippen molar-refractivity contribution >= 4 is 6.09 Å². The third-order valence-corrected chi connectivity index (χ3v) is 2.59. The third-order valence-electron chi connectivity index (χ3n) is 2.59. The lowest BCUT2D eigenvalue weighted by Crippen LogP contribution is -2.36. The summed E-state index contributed by atoms with van der Waals surface area (Å²) in [4.78, 5) is 25.9. The van der Waals surface area contributed by atoms with Crippen LogP contribution >= 0.6 is 0 Å². The van der Waals surface area contributed by atoms with Crippen LogP contribution in [-0.4, -0.2) is 33.3 Å². The summed E-state index contributed by atoms with van der Waals surface area (Å²) in [6, 6.07) is -0.234. The van der Waals surface area contributed by atoms with Gasteiger partial charge >= 0.3 is 6.09 Å². The van der Waals surface area contributed by atoms with Crippen LogP contribution in [0.3, 0.4) is 0 Å². The normalized spacial score (nSPS) is 19.6. The van der Waals surface area contributed by atoms with Crippen molar-refractivity contribution in [3.8, 4) is 0 Å². The lowest BCUT2D eigenvalue weighted by molar-refractivity contribution is -0.125. The van der Waals surface area contributed by atoms with E-state index in [1.165, 1.54) is 5.06 Å². The largest absolute Gasteiger partial charge is 0.442 e. The van der Waals surface area contributed by atoms with Gasteiger partial charge < -0.3 is 4.74 Å². The molecule has 1 amide bonds. The molecule has 104 valence electrons. The topological polar surface area (TPSA) is 64.5 Å². The Morgan fingerprint density at radius 1 is 1.47 bits per heavy atom. The van der Waals surface area contributed by atoms with E-state index in [0.29, 0.717) is 13.0 Å². The molecule has 0 bridgehead atoms. The van der Waals surface area contributed by atoms with Gasteiger partial charge in [0.15, 0.2) is 0 Å². The van der Waals surface area contributed by atoms with E-state index in [0.717, 1.165) is 11.4 Å². The van der Waals surface area contributed by atoms with Crippen LogP contribution in [0.2, 0.25) is 0 Å². The number of hydrogen-bond donors (Lipinski definition) is 0. The van der Waals surface area contributed by atoms with E-state index in [4.69, 9.17) is 9.57 Å². The maximum atomic E-state index is 12.1. The van der Waals surface area contributed by atoms with Gasteiger partial charge in [0.1, 0.15) is 11.6 Å². The number of carbonyl (C=O) groups excluding carboxylic acids is 1. The Kier molecular flexibility index (Phi) is 3.71. The molecule has 6 heteroatoms. The number of hydrogen-bond acceptors (Lipinski definition) is 5. The standard InChI is InChI=1S/C13H19N3O3/c1-9-7-14-8-10(15-9)11-5-6-18-16(11)12(17)19-13(2,3)4/h7-8,11H,5-6H2,1-4H3/t11-/m1/s1. The summed E-state index contributed by atoms with van der Waals surface area (Å²) < 4.78 is 5.32. The number of carbonyl (C=O) groups is 1. The zero-order valence-electron chi connectivity index (χ0n) is 11.7. The van der Waals surface area contributed by atoms with Crippen molar-refractivity contribution in [3.05, 3.63) is 23.8 Å². The minimum absolute atomic E-state index is 0.234. The van der Waals surface area contributed by atoms with E-state index in [1.54, 1.807) is 12.4 Å². The van der Waals surface area contributed by atoms with Gasteiger partial charge in [-0.2, -0.15) is 5.06 Å². The van der Waals surface area contributed by atoms with E-state index < -0.39 is 11.7 Å². The first-order chi connectivity index (χ1) is 8.87. The molecule has 0 saturated carbocycles. The van der Waals surface area contributed by atoms with E-state index in [-0.39, 0.29) is 6.04 Å². The summed E-state index contributed by atoms with van der Waals surface area (Å²) in [6.45, 7) is 7.80. The fourth-order valence-corrected chi connectivity index (χ4v) is 1.87. The second-order valence-corrected chi connectivity index (χ2v) is 5.53. The molecule has 0 unspecified atom stereocenters. The molecule has 2 heterocycles. The highest BCUT2D eigenvalue weighted by atomic mass is 16.7. The van der Waals surface area contributed by atoms with Gasteiger partial charge in [-0.15, -0.1) is 0 Å². The summed E-state index contributed by atoms with van der Waals surface area (Å²) >= 11 is 0. The van der Waals surface area contributed by atoms with E-state index in [1.807, 2.05) is 27.7 Å². The van der Waals surface area contributed by atoms with Crippen molar-refractivity contribution in [3.63, 3.8) is 0 Å². The first-order valence-corrected chi connectivity index (χ1v) is 6.30. The number of aromatic nitrogens is 2. The predicted octanol–water partition coefficient (Wildman–Crippen LogP) is 2.40. The molecule has 0 aliphatic carbocycles. The van der Waals surface area contributed by atoms with Gasteiger partial charge in [-0.1, -0.05) is 0 Å². The summed E-state index contributed by atoms with van der Waals surface area (Å²) in [6.07, 6.45) is 3.54. The monoisotopic (exact) mass is 265 g/mol. The zero-order chi connectivity index (χ0) is 14.0. The Hall–Kier alpha value is -1.69. The van der Waals surface area contributed by atoms with Gasteiger partial charge in [0.2, 0.25) is 0 Å². The van der Waals surface area contributed by atoms with Gasteiger partial charge in [-0.05, 0) is 27.7 Å². The first kappa shape index (κ1) is 13.7. The summed E-state index contributed by atoms with van der Waals surface area (Å²) in [7, 11) is 0. The number of aryl methyl sites for hydroxylation is 1. The number of amides is 1. The van der Waals surface area contributed by atoms with Gasteiger partial charge in [0, 0.05) is 12.6 Å². The van der Waals surface area contributed by atoms with Crippen LogP contribution in [0.4, 0.5) is 4.79 Å². The highest BCUT2D eigenvalue weighted by Gasteiger charge is 2.35. The molecule has 1 aromatic heterocycles. The van der Waals surface area contributed by atoms with Gasteiger partial charge in [-0.3, -0.25) is 14.8 Å². The number of nitrogens with zero attached hydrogens (tertiary/aromatic N) is 3. The Bertz CT molecular complexity index is 470. The number of rotatable bonds is 1. The van der Waals surface area contributed by atoms with Crippen molar-refractivity contribution < 1.29 is 14.4 Å². The average Bonchev–Trinajstić information content (AvgIpc) is 2.75. The Morgan fingerprint density at radius 2 is 2.21 bits per heavy atom. The Balaban J connectivity index is 2.15. The maximum absolute atomic E-state index is 12.1. The SMILES string of the molecule is Cc1cncc([C@H]2CCON2C(=O)OC(C)(C)C)n1. The van der Waals surface area contributed by atoms with Crippen LogP contribution in [0.15, 0.2) is 12.4 Å². The molecule has 0 spiro atoms. The molecule has 2 rings (SSSR count). The third kappa shape index (κ3) is 3.41. The first-order valence-electron chi connectivity index (χ1n) is 6.30. The van der Waals surface area contributed by atoms with Crippen LogP contribution < -0.4 is 0 Å². The Morgan fingerprint density at radius 3 is 2.84 bits per heavy atom. The maximum Gasteiger partial charge on any atom is 0.435 e. The van der Waals surface area contributed by atoms with E-state index in [9.17, 15) is 4.79 Å². The molecule has 1 atom stereocenters. The molecule has 1 fully saturated rings. The quantitative estimate of drug-likeness (QED) is 0.780. The highest BCUT2D eigenvalue weighted by molar-refractivity contribution is 5.67. The summed E-state index contributed by atoms with van der Waals surface area (Å²) in [5.41, 5.74) is 0.989. The molecule has 19 heavy (non-hydrogen) atoms. The van der Waals surface area contributed by atoms with Crippen LogP contribution in [0.25, 0.3) is 0 Å². The fraction of sp³-hybridized carbons (Fsp3) is 0.615. The molecule has 6 nitrogen and oxygen atoms in total. The predicted molar refractivity (Wildman–Crippen MR) is 68.2 cm³/mol. The van der Waals surface area contributed by atoms with Crippen molar-refractivity contribution in [2.45, 2.75) is 45.8 Å². The Labute approximate surface area is 112 Å². The molecule has 1 aromatic rings. The van der Waals surface area contributed by atoms with Crippen molar-refractivity contribution in [1.82, 2.24) is 15.0 Å². The molecule has 0 N–H and O–H groups in total. The zero-order valence-corrected chi connectivity index (χ0v) is 11.7. The highest BCUT2D eigenvalue weighted by Crippen LogP contribution is 2.30. The minimum atomic E-state index is -0.550.